The maximum atomic E-state index is 12.4. The number of fused-ring (bicyclic) bond motifs is 1. The molecule has 0 aliphatic carbocycles. The third-order valence-corrected chi connectivity index (χ3v) is 5.86. The maximum absolute atomic E-state index is 12.4. The fourth-order valence-electron chi connectivity index (χ4n) is 4.06. The van der Waals surface area contributed by atoms with E-state index in [1.54, 1.807) is 6.26 Å². The van der Waals surface area contributed by atoms with Crippen molar-refractivity contribution in [1.82, 2.24) is 10.2 Å². The van der Waals surface area contributed by atoms with Gasteiger partial charge in [-0.1, -0.05) is 20.8 Å². The van der Waals surface area contributed by atoms with Crippen molar-refractivity contribution in [3.63, 3.8) is 0 Å². The molecule has 2 aromatic rings. The molecule has 1 N–H and O–H groups in total. The van der Waals surface area contributed by atoms with Crippen molar-refractivity contribution < 1.29 is 9.21 Å². The van der Waals surface area contributed by atoms with E-state index in [2.05, 4.69) is 50.0 Å². The van der Waals surface area contributed by atoms with Gasteiger partial charge in [-0.2, -0.15) is 0 Å². The molecule has 3 rings (SSSR count). The Morgan fingerprint density at radius 1 is 1.30 bits per heavy atom. The van der Waals surface area contributed by atoms with Crippen LogP contribution in [0.4, 0.5) is 0 Å². The number of nitrogens with zero attached hydrogens (tertiary/aromatic N) is 1. The minimum atomic E-state index is 0.0802. The molecule has 148 valence electrons. The van der Waals surface area contributed by atoms with Crippen LogP contribution in [0.2, 0.25) is 0 Å². The van der Waals surface area contributed by atoms with Gasteiger partial charge < -0.3 is 14.6 Å². The van der Waals surface area contributed by atoms with Gasteiger partial charge in [-0.25, -0.2) is 0 Å². The zero-order chi connectivity index (χ0) is 19.4. The molecule has 1 aromatic heterocycles. The molecule has 1 aliphatic rings. The van der Waals surface area contributed by atoms with Gasteiger partial charge in [-0.15, -0.1) is 0 Å². The summed E-state index contributed by atoms with van der Waals surface area (Å²) in [6.45, 7) is 13.1. The summed E-state index contributed by atoms with van der Waals surface area (Å²) >= 11 is 0. The summed E-state index contributed by atoms with van der Waals surface area (Å²) < 4.78 is 5.69. The summed E-state index contributed by atoms with van der Waals surface area (Å²) in [4.78, 5) is 14.9. The van der Waals surface area contributed by atoms with E-state index in [4.69, 9.17) is 4.42 Å². The van der Waals surface area contributed by atoms with Crippen LogP contribution in [0.3, 0.4) is 0 Å². The van der Waals surface area contributed by atoms with Crippen LogP contribution < -0.4 is 5.32 Å². The third-order valence-electron chi connectivity index (χ3n) is 5.86. The van der Waals surface area contributed by atoms with Gasteiger partial charge in [0, 0.05) is 17.5 Å². The number of nitrogens with one attached hydrogen (secondary N) is 1. The standard InChI is InChI=1S/C23H34N2O2/c1-16(2)20-14-21-19(15-27-22(21)12-18(20)4)13-23(26)24-8-5-9-25-10-6-17(3)7-11-25/h12,14-17H,5-11,13H2,1-4H3,(H,24,26). The Kier molecular flexibility index (Phi) is 6.59. The lowest BCUT2D eigenvalue weighted by molar-refractivity contribution is -0.120. The molecule has 4 heteroatoms. The van der Waals surface area contributed by atoms with Crippen LogP contribution in [0.25, 0.3) is 11.0 Å². The van der Waals surface area contributed by atoms with Crippen molar-refractivity contribution in [2.45, 2.75) is 59.3 Å². The smallest absolute Gasteiger partial charge is 0.224 e. The Bertz CT molecular complexity index is 770. The topological polar surface area (TPSA) is 45.5 Å². The average molecular weight is 371 g/mol. The number of amides is 1. The fraction of sp³-hybridized carbons (Fsp3) is 0.609. The summed E-state index contributed by atoms with van der Waals surface area (Å²) in [7, 11) is 0. The number of furan rings is 1. The highest BCUT2D eigenvalue weighted by Crippen LogP contribution is 2.29. The molecule has 1 aliphatic heterocycles. The summed E-state index contributed by atoms with van der Waals surface area (Å²) in [5.41, 5.74) is 4.42. The van der Waals surface area contributed by atoms with Gasteiger partial charge in [-0.05, 0) is 80.9 Å². The number of hydrogen-bond acceptors (Lipinski definition) is 3. The summed E-state index contributed by atoms with van der Waals surface area (Å²) in [6.07, 6.45) is 5.75. The van der Waals surface area contributed by atoms with Crippen molar-refractivity contribution >= 4 is 16.9 Å². The number of piperidine rings is 1. The largest absolute Gasteiger partial charge is 0.464 e. The Hall–Kier alpha value is -1.81. The first-order valence-corrected chi connectivity index (χ1v) is 10.4. The van der Waals surface area contributed by atoms with Crippen LogP contribution in [-0.4, -0.2) is 37.0 Å². The van der Waals surface area contributed by atoms with Gasteiger partial charge in [0.05, 0.1) is 12.7 Å². The molecule has 1 fully saturated rings. The van der Waals surface area contributed by atoms with Crippen LogP contribution in [0, 0.1) is 12.8 Å². The van der Waals surface area contributed by atoms with Crippen LogP contribution in [0.5, 0.6) is 0 Å². The lowest BCUT2D eigenvalue weighted by atomic mass is 9.95. The van der Waals surface area contributed by atoms with Crippen LogP contribution >= 0.6 is 0 Å². The van der Waals surface area contributed by atoms with E-state index in [0.29, 0.717) is 12.3 Å². The molecular weight excluding hydrogens is 336 g/mol. The maximum Gasteiger partial charge on any atom is 0.224 e. The first kappa shape index (κ1) is 19.9. The van der Waals surface area contributed by atoms with E-state index in [-0.39, 0.29) is 5.91 Å². The van der Waals surface area contributed by atoms with Crippen LogP contribution in [0.15, 0.2) is 22.8 Å². The molecule has 1 amide bonds. The molecule has 2 heterocycles. The predicted octanol–water partition coefficient (Wildman–Crippen LogP) is 4.65. The molecule has 0 radical (unpaired) electrons. The van der Waals surface area contributed by atoms with E-state index >= 15 is 0 Å². The van der Waals surface area contributed by atoms with E-state index in [0.717, 1.165) is 42.0 Å². The number of likely N-dealkylation sites (tertiary alicyclic amines) is 1. The quantitative estimate of drug-likeness (QED) is 0.722. The lowest BCUT2D eigenvalue weighted by Gasteiger charge is -2.30. The Morgan fingerprint density at radius 3 is 2.74 bits per heavy atom. The molecule has 1 saturated heterocycles. The third kappa shape index (κ3) is 5.13. The molecule has 0 spiro atoms. The monoisotopic (exact) mass is 370 g/mol. The van der Waals surface area contributed by atoms with E-state index in [1.165, 1.54) is 37.1 Å². The van der Waals surface area contributed by atoms with Gasteiger partial charge in [0.25, 0.3) is 0 Å². The first-order chi connectivity index (χ1) is 12.9. The first-order valence-electron chi connectivity index (χ1n) is 10.4. The highest BCUT2D eigenvalue weighted by molar-refractivity contribution is 5.88. The summed E-state index contributed by atoms with van der Waals surface area (Å²) in [6, 6.07) is 4.28. The molecule has 27 heavy (non-hydrogen) atoms. The summed E-state index contributed by atoms with van der Waals surface area (Å²) in [5.74, 6) is 1.41. The van der Waals surface area contributed by atoms with Crippen molar-refractivity contribution in [1.29, 1.82) is 0 Å². The zero-order valence-electron chi connectivity index (χ0n) is 17.3. The highest BCUT2D eigenvalue weighted by atomic mass is 16.3. The minimum Gasteiger partial charge on any atom is -0.464 e. The number of carbonyl (C=O) groups excluding carboxylic acids is 1. The molecule has 4 nitrogen and oxygen atoms in total. The predicted molar refractivity (Wildman–Crippen MR) is 111 cm³/mol. The van der Waals surface area contributed by atoms with E-state index in [1.807, 2.05) is 0 Å². The number of rotatable bonds is 7. The van der Waals surface area contributed by atoms with Crippen molar-refractivity contribution in [3.8, 4) is 0 Å². The van der Waals surface area contributed by atoms with Gasteiger partial charge in [0.2, 0.25) is 5.91 Å². The molecule has 0 saturated carbocycles. The average Bonchev–Trinajstić information content (AvgIpc) is 3.01. The number of carbonyl (C=O) groups is 1. The Morgan fingerprint density at radius 2 is 2.04 bits per heavy atom. The molecule has 0 unspecified atom stereocenters. The molecule has 0 bridgehead atoms. The van der Waals surface area contributed by atoms with Crippen LogP contribution in [-0.2, 0) is 11.2 Å². The normalized spacial score (nSPS) is 16.3. The van der Waals surface area contributed by atoms with Crippen molar-refractivity contribution in [3.05, 3.63) is 35.1 Å². The molecular formula is C23H34N2O2. The van der Waals surface area contributed by atoms with Crippen molar-refractivity contribution in [2.75, 3.05) is 26.2 Å². The number of hydrogen-bond donors (Lipinski definition) is 1. The van der Waals surface area contributed by atoms with E-state index < -0.39 is 0 Å². The zero-order valence-corrected chi connectivity index (χ0v) is 17.3. The second-order valence-electron chi connectivity index (χ2n) is 8.53. The number of aryl methyl sites for hydroxylation is 1. The minimum absolute atomic E-state index is 0.0802. The Labute approximate surface area is 163 Å². The second kappa shape index (κ2) is 8.92. The van der Waals surface area contributed by atoms with Crippen molar-refractivity contribution in [2.24, 2.45) is 5.92 Å². The van der Waals surface area contributed by atoms with Gasteiger partial charge >= 0.3 is 0 Å². The Balaban J connectivity index is 1.50. The summed E-state index contributed by atoms with van der Waals surface area (Å²) in [5, 5.41) is 4.15. The fourth-order valence-corrected chi connectivity index (χ4v) is 4.06. The lowest BCUT2D eigenvalue weighted by Crippen LogP contribution is -2.35. The SMILES string of the molecule is Cc1cc2occ(CC(=O)NCCCN3CCC(C)CC3)c2cc1C(C)C. The van der Waals surface area contributed by atoms with Crippen LogP contribution in [0.1, 0.15) is 62.6 Å². The van der Waals surface area contributed by atoms with Gasteiger partial charge in [0.1, 0.15) is 5.58 Å². The molecule has 0 atom stereocenters. The number of benzene rings is 1. The highest BCUT2D eigenvalue weighted by Gasteiger charge is 2.16. The van der Waals surface area contributed by atoms with Gasteiger partial charge in [-0.3, -0.25) is 4.79 Å². The second-order valence-corrected chi connectivity index (χ2v) is 8.53. The van der Waals surface area contributed by atoms with E-state index in [9.17, 15) is 4.79 Å². The molecule has 1 aromatic carbocycles. The van der Waals surface area contributed by atoms with Gasteiger partial charge in [0.15, 0.2) is 0 Å².